The molecule has 1 aliphatic heterocycles. The number of aliphatic carboxylic acids is 1. The fourth-order valence-electron chi connectivity index (χ4n) is 2.42. The maximum absolute atomic E-state index is 11.3. The minimum Gasteiger partial charge on any atom is -0.480 e. The molecule has 3 N–H and O–H groups in total. The second kappa shape index (κ2) is 3.21. The lowest BCUT2D eigenvalue weighted by Gasteiger charge is -2.35. The van der Waals surface area contributed by atoms with Crippen LogP contribution in [-0.4, -0.2) is 40.6 Å². The maximum Gasteiger partial charge on any atom is 0.324 e. The van der Waals surface area contributed by atoms with E-state index in [4.69, 9.17) is 5.73 Å². The number of carboxylic acids is 1. The first kappa shape index (κ1) is 9.93. The van der Waals surface area contributed by atoms with Crippen molar-refractivity contribution in [3.63, 3.8) is 0 Å². The van der Waals surface area contributed by atoms with Gasteiger partial charge in [-0.2, -0.15) is 0 Å². The smallest absolute Gasteiger partial charge is 0.324 e. The predicted octanol–water partition coefficient (Wildman–Crippen LogP) is 0.273. The number of likely N-dealkylation sites (tertiary alicyclic amines) is 1. The van der Waals surface area contributed by atoms with Crippen molar-refractivity contribution >= 4 is 5.97 Å². The molecule has 0 aromatic heterocycles. The van der Waals surface area contributed by atoms with Crippen LogP contribution in [0.4, 0.5) is 0 Å². The van der Waals surface area contributed by atoms with Crippen molar-refractivity contribution in [2.45, 2.75) is 37.8 Å². The topological polar surface area (TPSA) is 66.6 Å². The van der Waals surface area contributed by atoms with Gasteiger partial charge >= 0.3 is 5.97 Å². The molecule has 2 rings (SSSR count). The van der Waals surface area contributed by atoms with E-state index in [0.717, 1.165) is 32.4 Å². The molecule has 2 fully saturated rings. The van der Waals surface area contributed by atoms with Crippen molar-refractivity contribution in [1.82, 2.24) is 4.90 Å². The molecule has 0 spiro atoms. The van der Waals surface area contributed by atoms with Gasteiger partial charge in [0.1, 0.15) is 5.54 Å². The quantitative estimate of drug-likeness (QED) is 0.683. The minimum atomic E-state index is -0.686. The summed E-state index contributed by atoms with van der Waals surface area (Å²) < 4.78 is 0. The van der Waals surface area contributed by atoms with Crippen LogP contribution in [0.25, 0.3) is 0 Å². The van der Waals surface area contributed by atoms with Gasteiger partial charge in [-0.15, -0.1) is 0 Å². The lowest BCUT2D eigenvalue weighted by molar-refractivity contribution is -0.151. The Morgan fingerprint density at radius 1 is 1.50 bits per heavy atom. The number of nitrogens with two attached hydrogens (primary N) is 1. The van der Waals surface area contributed by atoms with Crippen LogP contribution in [0.5, 0.6) is 0 Å². The summed E-state index contributed by atoms with van der Waals surface area (Å²) >= 11 is 0. The Morgan fingerprint density at radius 2 is 2.14 bits per heavy atom. The van der Waals surface area contributed by atoms with Crippen molar-refractivity contribution < 1.29 is 9.90 Å². The largest absolute Gasteiger partial charge is 0.480 e. The highest BCUT2D eigenvalue weighted by molar-refractivity contribution is 5.79. The zero-order valence-electron chi connectivity index (χ0n) is 8.57. The van der Waals surface area contributed by atoms with E-state index in [0.29, 0.717) is 5.92 Å². The SMILES string of the molecule is CC(C(=O)O)(C1CC1)N1CCC(N)C1. The van der Waals surface area contributed by atoms with Crippen LogP contribution in [0.2, 0.25) is 0 Å². The lowest BCUT2D eigenvalue weighted by atomic mass is 9.94. The summed E-state index contributed by atoms with van der Waals surface area (Å²) in [5.74, 6) is -0.348. The summed E-state index contributed by atoms with van der Waals surface area (Å²) in [5, 5.41) is 9.31. The van der Waals surface area contributed by atoms with E-state index < -0.39 is 11.5 Å². The first-order chi connectivity index (χ1) is 6.55. The van der Waals surface area contributed by atoms with Gasteiger partial charge in [-0.25, -0.2) is 0 Å². The molecule has 4 heteroatoms. The Kier molecular flexibility index (Phi) is 2.27. The summed E-state index contributed by atoms with van der Waals surface area (Å²) in [4.78, 5) is 13.4. The first-order valence-electron chi connectivity index (χ1n) is 5.29. The molecule has 2 unspecified atom stereocenters. The van der Waals surface area contributed by atoms with Gasteiger partial charge in [-0.05, 0) is 32.1 Å². The molecule has 14 heavy (non-hydrogen) atoms. The van der Waals surface area contributed by atoms with Crippen LogP contribution in [0.1, 0.15) is 26.2 Å². The Balaban J connectivity index is 2.14. The third-order valence-electron chi connectivity index (χ3n) is 3.69. The summed E-state index contributed by atoms with van der Waals surface area (Å²) in [6.07, 6.45) is 3.03. The molecule has 0 aromatic rings. The normalized spacial score (nSPS) is 32.9. The second-order valence-electron chi connectivity index (χ2n) is 4.72. The van der Waals surface area contributed by atoms with Crippen molar-refractivity contribution in [2.24, 2.45) is 11.7 Å². The number of carbonyl (C=O) groups is 1. The number of hydrogen-bond acceptors (Lipinski definition) is 3. The predicted molar refractivity (Wildman–Crippen MR) is 52.9 cm³/mol. The van der Waals surface area contributed by atoms with Gasteiger partial charge in [-0.3, -0.25) is 9.69 Å². The standard InChI is InChI=1S/C10H18N2O2/c1-10(9(13)14,7-2-3-7)12-5-4-8(11)6-12/h7-8H,2-6,11H2,1H3,(H,13,14). The van der Waals surface area contributed by atoms with E-state index in [1.807, 2.05) is 6.92 Å². The molecule has 1 heterocycles. The lowest BCUT2D eigenvalue weighted by Crippen LogP contribution is -2.53. The molecule has 0 aromatic carbocycles. The Bertz CT molecular complexity index is 253. The Morgan fingerprint density at radius 3 is 2.50 bits per heavy atom. The van der Waals surface area contributed by atoms with Gasteiger partial charge in [0, 0.05) is 19.1 Å². The average Bonchev–Trinajstić information content (AvgIpc) is 2.88. The number of hydrogen-bond donors (Lipinski definition) is 2. The molecular weight excluding hydrogens is 180 g/mol. The minimum absolute atomic E-state index is 0.160. The molecule has 1 aliphatic carbocycles. The highest BCUT2D eigenvalue weighted by Crippen LogP contribution is 2.44. The fraction of sp³-hybridized carbons (Fsp3) is 0.900. The molecule has 0 radical (unpaired) electrons. The Labute approximate surface area is 84.1 Å². The van der Waals surface area contributed by atoms with Crippen LogP contribution in [0.3, 0.4) is 0 Å². The van der Waals surface area contributed by atoms with Crippen LogP contribution in [-0.2, 0) is 4.79 Å². The van der Waals surface area contributed by atoms with Crippen molar-refractivity contribution in [1.29, 1.82) is 0 Å². The second-order valence-corrected chi connectivity index (χ2v) is 4.72. The van der Waals surface area contributed by atoms with Crippen molar-refractivity contribution in [2.75, 3.05) is 13.1 Å². The highest BCUT2D eigenvalue weighted by Gasteiger charge is 2.52. The van der Waals surface area contributed by atoms with Crippen LogP contribution < -0.4 is 5.73 Å². The van der Waals surface area contributed by atoms with Gasteiger partial charge in [0.2, 0.25) is 0 Å². The zero-order chi connectivity index (χ0) is 10.3. The molecule has 80 valence electrons. The molecule has 2 atom stereocenters. The monoisotopic (exact) mass is 198 g/mol. The fourth-order valence-corrected chi connectivity index (χ4v) is 2.42. The Hall–Kier alpha value is -0.610. The van der Waals surface area contributed by atoms with E-state index in [9.17, 15) is 9.90 Å². The van der Waals surface area contributed by atoms with Crippen LogP contribution in [0, 0.1) is 5.92 Å². The van der Waals surface area contributed by atoms with E-state index >= 15 is 0 Å². The van der Waals surface area contributed by atoms with Crippen molar-refractivity contribution in [3.05, 3.63) is 0 Å². The molecule has 1 saturated heterocycles. The first-order valence-corrected chi connectivity index (χ1v) is 5.29. The third-order valence-corrected chi connectivity index (χ3v) is 3.69. The average molecular weight is 198 g/mol. The molecule has 0 bridgehead atoms. The number of carboxylic acid groups (broad SMARTS) is 1. The van der Waals surface area contributed by atoms with Crippen molar-refractivity contribution in [3.8, 4) is 0 Å². The van der Waals surface area contributed by atoms with E-state index in [-0.39, 0.29) is 6.04 Å². The van der Waals surface area contributed by atoms with E-state index in [2.05, 4.69) is 4.90 Å². The van der Waals surface area contributed by atoms with Crippen LogP contribution in [0.15, 0.2) is 0 Å². The van der Waals surface area contributed by atoms with Crippen LogP contribution >= 0.6 is 0 Å². The van der Waals surface area contributed by atoms with Gasteiger partial charge in [0.05, 0.1) is 0 Å². The third kappa shape index (κ3) is 1.42. The zero-order valence-corrected chi connectivity index (χ0v) is 8.57. The summed E-state index contributed by atoms with van der Waals surface area (Å²) in [5.41, 5.74) is 5.15. The maximum atomic E-state index is 11.3. The summed E-state index contributed by atoms with van der Waals surface area (Å²) in [6.45, 7) is 3.42. The molecule has 2 aliphatic rings. The van der Waals surface area contributed by atoms with Gasteiger partial charge in [0.25, 0.3) is 0 Å². The summed E-state index contributed by atoms with van der Waals surface area (Å²) in [7, 11) is 0. The van der Waals surface area contributed by atoms with E-state index in [1.54, 1.807) is 0 Å². The molecule has 1 saturated carbocycles. The van der Waals surface area contributed by atoms with E-state index in [1.165, 1.54) is 0 Å². The molecular formula is C10H18N2O2. The van der Waals surface area contributed by atoms with Gasteiger partial charge in [0.15, 0.2) is 0 Å². The number of nitrogens with zero attached hydrogens (tertiary/aromatic N) is 1. The molecule has 0 amide bonds. The van der Waals surface area contributed by atoms with Gasteiger partial charge < -0.3 is 10.8 Å². The highest BCUT2D eigenvalue weighted by atomic mass is 16.4. The molecule has 4 nitrogen and oxygen atoms in total. The number of rotatable bonds is 3. The summed E-state index contributed by atoms with van der Waals surface area (Å²) in [6, 6.07) is 0.160. The van der Waals surface area contributed by atoms with Gasteiger partial charge in [-0.1, -0.05) is 0 Å².